The van der Waals surface area contributed by atoms with E-state index in [4.69, 9.17) is 23.2 Å². The van der Waals surface area contributed by atoms with Gasteiger partial charge in [0.1, 0.15) is 0 Å². The summed E-state index contributed by atoms with van der Waals surface area (Å²) >= 11 is 12.0. The van der Waals surface area contributed by atoms with Gasteiger partial charge in [0.2, 0.25) is 0 Å². The first-order valence-electron chi connectivity index (χ1n) is 7.05. The highest BCUT2D eigenvalue weighted by atomic mass is 35.5. The second-order valence-electron chi connectivity index (χ2n) is 5.29. The number of nitrogens with zero attached hydrogens (tertiary/aromatic N) is 1. The summed E-state index contributed by atoms with van der Waals surface area (Å²) in [6.07, 6.45) is 2.61. The number of piperidine rings is 1. The predicted octanol–water partition coefficient (Wildman–Crippen LogP) is 3.81. The van der Waals surface area contributed by atoms with Crippen LogP contribution in [0.4, 0.5) is 0 Å². The third-order valence-electron chi connectivity index (χ3n) is 3.84. The van der Waals surface area contributed by atoms with E-state index in [9.17, 15) is 0 Å². The van der Waals surface area contributed by atoms with E-state index >= 15 is 0 Å². The van der Waals surface area contributed by atoms with Crippen LogP contribution in [-0.4, -0.2) is 31.1 Å². The van der Waals surface area contributed by atoms with Crippen molar-refractivity contribution in [3.05, 3.63) is 33.8 Å². The molecular weight excluding hydrogens is 279 g/mol. The zero-order valence-electron chi connectivity index (χ0n) is 11.5. The molecule has 0 aromatic heterocycles. The van der Waals surface area contributed by atoms with E-state index in [2.05, 4.69) is 17.1 Å². The van der Waals surface area contributed by atoms with E-state index in [1.54, 1.807) is 6.07 Å². The van der Waals surface area contributed by atoms with Crippen molar-refractivity contribution in [1.29, 1.82) is 0 Å². The largest absolute Gasteiger partial charge is 0.312 e. The molecular formula is C15H22Cl2N2. The molecule has 0 radical (unpaired) electrons. The van der Waals surface area contributed by atoms with E-state index in [1.165, 1.54) is 32.5 Å². The van der Waals surface area contributed by atoms with Crippen molar-refractivity contribution < 1.29 is 0 Å². The van der Waals surface area contributed by atoms with Crippen molar-refractivity contribution >= 4 is 23.2 Å². The van der Waals surface area contributed by atoms with Gasteiger partial charge in [0.25, 0.3) is 0 Å². The Hall–Kier alpha value is -0.280. The summed E-state index contributed by atoms with van der Waals surface area (Å²) in [5.41, 5.74) is 1.16. The molecule has 1 heterocycles. The molecule has 2 rings (SSSR count). The quantitative estimate of drug-likeness (QED) is 0.889. The van der Waals surface area contributed by atoms with Crippen LogP contribution in [-0.2, 0) is 6.54 Å². The average Bonchev–Trinajstić information content (AvgIpc) is 2.38. The number of benzene rings is 1. The van der Waals surface area contributed by atoms with Gasteiger partial charge >= 0.3 is 0 Å². The zero-order chi connectivity index (χ0) is 13.7. The molecule has 106 valence electrons. The van der Waals surface area contributed by atoms with E-state index in [-0.39, 0.29) is 0 Å². The second-order valence-corrected chi connectivity index (χ2v) is 6.16. The van der Waals surface area contributed by atoms with Crippen molar-refractivity contribution in [3.8, 4) is 0 Å². The number of hydrogen-bond donors (Lipinski definition) is 1. The van der Waals surface area contributed by atoms with Crippen LogP contribution in [0.2, 0.25) is 10.0 Å². The van der Waals surface area contributed by atoms with Gasteiger partial charge in [0, 0.05) is 16.6 Å². The van der Waals surface area contributed by atoms with Gasteiger partial charge in [-0.05, 0) is 68.7 Å². The summed E-state index contributed by atoms with van der Waals surface area (Å²) in [5.74, 6) is 0.803. The molecule has 2 nitrogen and oxygen atoms in total. The zero-order valence-corrected chi connectivity index (χ0v) is 13.0. The van der Waals surface area contributed by atoms with Gasteiger partial charge in [-0.2, -0.15) is 0 Å². The maximum atomic E-state index is 5.99. The Morgan fingerprint density at radius 2 is 1.79 bits per heavy atom. The van der Waals surface area contributed by atoms with Crippen molar-refractivity contribution in [2.45, 2.75) is 26.3 Å². The monoisotopic (exact) mass is 300 g/mol. The Morgan fingerprint density at radius 1 is 1.16 bits per heavy atom. The molecule has 0 aliphatic carbocycles. The molecule has 0 saturated carbocycles. The highest BCUT2D eigenvalue weighted by Gasteiger charge is 2.17. The summed E-state index contributed by atoms with van der Waals surface area (Å²) in [6.45, 7) is 7.83. The van der Waals surface area contributed by atoms with Gasteiger partial charge in [0.15, 0.2) is 0 Å². The summed E-state index contributed by atoms with van der Waals surface area (Å²) in [4.78, 5) is 2.52. The van der Waals surface area contributed by atoms with Crippen LogP contribution in [0.1, 0.15) is 25.3 Å². The summed E-state index contributed by atoms with van der Waals surface area (Å²) in [6, 6.07) is 5.72. The van der Waals surface area contributed by atoms with Crippen molar-refractivity contribution in [3.63, 3.8) is 0 Å². The Balaban J connectivity index is 1.72. The molecule has 1 fully saturated rings. The van der Waals surface area contributed by atoms with E-state index in [1.807, 2.05) is 12.1 Å². The van der Waals surface area contributed by atoms with Crippen molar-refractivity contribution in [1.82, 2.24) is 10.2 Å². The molecule has 0 atom stereocenters. The molecule has 0 amide bonds. The molecule has 4 heteroatoms. The number of likely N-dealkylation sites (tertiary alicyclic amines) is 1. The van der Waals surface area contributed by atoms with Crippen LogP contribution in [0.3, 0.4) is 0 Å². The fraction of sp³-hybridized carbons (Fsp3) is 0.600. The Morgan fingerprint density at radius 3 is 2.37 bits per heavy atom. The fourth-order valence-corrected chi connectivity index (χ4v) is 3.21. The molecule has 19 heavy (non-hydrogen) atoms. The predicted molar refractivity (Wildman–Crippen MR) is 83.0 cm³/mol. The molecule has 1 N–H and O–H groups in total. The molecule has 1 aliphatic heterocycles. The van der Waals surface area contributed by atoms with E-state index in [0.29, 0.717) is 10.0 Å². The van der Waals surface area contributed by atoms with Gasteiger partial charge in [-0.3, -0.25) is 0 Å². The van der Waals surface area contributed by atoms with Crippen molar-refractivity contribution in [2.75, 3.05) is 26.2 Å². The number of rotatable bonds is 5. The lowest BCUT2D eigenvalue weighted by Gasteiger charge is -2.31. The lowest BCUT2D eigenvalue weighted by molar-refractivity contribution is 0.190. The summed E-state index contributed by atoms with van der Waals surface area (Å²) in [5, 5.41) is 4.94. The van der Waals surface area contributed by atoms with Crippen LogP contribution in [0, 0.1) is 5.92 Å². The SMILES string of the molecule is CCN1CCC(CNCc2cc(Cl)cc(Cl)c2)CC1. The van der Waals surface area contributed by atoms with Gasteiger partial charge < -0.3 is 10.2 Å². The Bertz CT molecular complexity index is 381. The molecule has 1 saturated heterocycles. The first-order valence-corrected chi connectivity index (χ1v) is 7.81. The van der Waals surface area contributed by atoms with Crippen LogP contribution in [0.25, 0.3) is 0 Å². The van der Waals surface area contributed by atoms with Crippen LogP contribution >= 0.6 is 23.2 Å². The second kappa shape index (κ2) is 7.49. The molecule has 0 spiro atoms. The van der Waals surface area contributed by atoms with E-state index in [0.717, 1.165) is 24.6 Å². The molecule has 1 aromatic carbocycles. The summed E-state index contributed by atoms with van der Waals surface area (Å²) < 4.78 is 0. The van der Waals surface area contributed by atoms with Crippen LogP contribution in [0.5, 0.6) is 0 Å². The highest BCUT2D eigenvalue weighted by Crippen LogP contribution is 2.19. The first kappa shape index (κ1) is 15.1. The Labute approximate surface area is 126 Å². The first-order chi connectivity index (χ1) is 9.17. The average molecular weight is 301 g/mol. The van der Waals surface area contributed by atoms with E-state index < -0.39 is 0 Å². The third-order valence-corrected chi connectivity index (χ3v) is 4.28. The minimum atomic E-state index is 0.709. The normalized spacial score (nSPS) is 17.8. The fourth-order valence-electron chi connectivity index (χ4n) is 2.64. The van der Waals surface area contributed by atoms with Crippen molar-refractivity contribution in [2.24, 2.45) is 5.92 Å². The number of hydrogen-bond acceptors (Lipinski definition) is 2. The van der Waals surface area contributed by atoms with Crippen LogP contribution < -0.4 is 5.32 Å². The van der Waals surface area contributed by atoms with Crippen LogP contribution in [0.15, 0.2) is 18.2 Å². The number of halogens is 2. The minimum absolute atomic E-state index is 0.709. The highest BCUT2D eigenvalue weighted by molar-refractivity contribution is 6.34. The third kappa shape index (κ3) is 4.96. The minimum Gasteiger partial charge on any atom is -0.312 e. The molecule has 0 unspecified atom stereocenters. The lowest BCUT2D eigenvalue weighted by atomic mass is 9.97. The smallest absolute Gasteiger partial charge is 0.0424 e. The van der Waals surface area contributed by atoms with Gasteiger partial charge in [0.05, 0.1) is 0 Å². The molecule has 1 aliphatic rings. The summed E-state index contributed by atoms with van der Waals surface area (Å²) in [7, 11) is 0. The lowest BCUT2D eigenvalue weighted by Crippen LogP contribution is -2.36. The molecule has 0 bridgehead atoms. The Kier molecular flexibility index (Phi) is 5.96. The topological polar surface area (TPSA) is 15.3 Å². The van der Waals surface area contributed by atoms with Gasteiger partial charge in [-0.25, -0.2) is 0 Å². The maximum Gasteiger partial charge on any atom is 0.0424 e. The maximum absolute atomic E-state index is 5.99. The standard InChI is InChI=1S/C15H22Cl2N2/c1-2-19-5-3-12(4-6-19)10-18-11-13-7-14(16)9-15(17)8-13/h7-9,12,18H,2-6,10-11H2,1H3. The molecule has 1 aromatic rings. The van der Waals surface area contributed by atoms with Gasteiger partial charge in [-0.15, -0.1) is 0 Å². The number of nitrogens with one attached hydrogen (secondary N) is 1. The van der Waals surface area contributed by atoms with Gasteiger partial charge in [-0.1, -0.05) is 30.1 Å².